The predicted octanol–water partition coefficient (Wildman–Crippen LogP) is 20.9. The van der Waals surface area contributed by atoms with Gasteiger partial charge in [-0.05, 0) is 250 Å². The molecule has 5 fully saturated rings. The zero-order valence-corrected chi connectivity index (χ0v) is 85.3. The third-order valence-electron chi connectivity index (χ3n) is 28.5. The number of rotatable bonds is 48. The highest BCUT2D eigenvalue weighted by molar-refractivity contribution is 5.80. The third kappa shape index (κ3) is 38.3. The second-order valence-corrected chi connectivity index (χ2v) is 41.3. The van der Waals surface area contributed by atoms with Gasteiger partial charge in [0.05, 0.1) is 50.5 Å². The summed E-state index contributed by atoms with van der Waals surface area (Å²) in [6, 6.07) is 41.8. The smallest absolute Gasteiger partial charge is 0.329 e. The van der Waals surface area contributed by atoms with Crippen LogP contribution in [0.4, 0.5) is 11.4 Å². The van der Waals surface area contributed by atoms with E-state index in [1.807, 2.05) is 116 Å². The lowest BCUT2D eigenvalue weighted by Crippen LogP contribution is -2.61. The van der Waals surface area contributed by atoms with Gasteiger partial charge < -0.3 is 44.2 Å². The van der Waals surface area contributed by atoms with Gasteiger partial charge in [0.1, 0.15) is 0 Å². The first-order chi connectivity index (χ1) is 66.8. The summed E-state index contributed by atoms with van der Waals surface area (Å²) in [6.45, 7) is 23.9. The number of amides is 2. The standard InChI is InChI=1S/C26H35N3O.C23H29N3O.C21H33N3O.C16H30N4.C14H27N3O2.C12H24N4/c1-20(2)27-23-14-12-22(13-15-23)17-19-29-25-11-7-6-10-24(25)28(26(29)30)18-16-21-8-4-3-5-9-21;24-20-12-10-19(11-13-20)15-17-26-22-9-5-4-8-21(22)25(23(26)27)16-14-18-6-2-1-3-7-18;22-15-8-1-2-9-16-23-19-12-6-7-13-20(19)24(21(23)25)17-14-18-10-4-3-5-11-18;17-12-6-1-2-7-13-20-14-16(18-19-20)11-10-15-8-4-3-5-9-15;1-11(2)8-13(18)16-12-9-17(10-12)14(19)6-4-3-5-7-15;1-11(2)9-16-10-12(14-15-16)7-5-3-4-6-8-13/h6-7,10-15,20-21,27H,3-5,8-9,16-19H2,1-2H3;4-5,8-13,18H,1-3,6-7,14-17,24H2;6-7,12-13,18H,1-5,8-11,14-17,22H2;14-15H,1-13,17H2;11-12H,3-10,15H2,1-2H3,(H,16,18);10-11H,3-9,13H2,1-2H3. The molecule has 10 aromatic rings. The van der Waals surface area contributed by atoms with Crippen LogP contribution in [0.2, 0.25) is 0 Å². The van der Waals surface area contributed by atoms with Crippen LogP contribution in [-0.4, -0.2) is 125 Å². The minimum Gasteiger partial charge on any atom is -0.399 e. The zero-order chi connectivity index (χ0) is 97.1. The van der Waals surface area contributed by atoms with Crippen LogP contribution >= 0.6 is 0 Å². The van der Waals surface area contributed by atoms with Crippen molar-refractivity contribution in [2.45, 2.75) is 395 Å². The Morgan fingerprint density at radius 3 is 1.14 bits per heavy atom. The van der Waals surface area contributed by atoms with Crippen molar-refractivity contribution >= 4 is 56.3 Å². The molecule has 4 aliphatic carbocycles. The van der Waals surface area contributed by atoms with Crippen LogP contribution in [0.5, 0.6) is 0 Å². The predicted molar refractivity (Wildman–Crippen MR) is 567 cm³/mol. The van der Waals surface area contributed by atoms with E-state index in [0.717, 1.165) is 235 Å². The summed E-state index contributed by atoms with van der Waals surface area (Å²) >= 11 is 0. The molecule has 0 unspecified atom stereocenters. The van der Waals surface area contributed by atoms with Crippen LogP contribution in [0.25, 0.3) is 33.1 Å². The normalized spacial score (nSPS) is 15.1. The lowest BCUT2D eigenvalue weighted by molar-refractivity contribution is -0.138. The van der Waals surface area contributed by atoms with Crippen LogP contribution in [0, 0.1) is 35.5 Å². The second-order valence-electron chi connectivity index (χ2n) is 41.3. The van der Waals surface area contributed by atoms with E-state index in [4.69, 9.17) is 28.7 Å². The Morgan fingerprint density at radius 2 is 0.730 bits per heavy atom. The number of fused-ring (bicyclic) bond motifs is 3. The molecular weight excluding hydrogens is 1710 g/mol. The number of unbranched alkanes of at least 4 members (excludes halogenated alkanes) is 11. The Morgan fingerprint density at radius 1 is 0.372 bits per heavy atom. The van der Waals surface area contributed by atoms with E-state index < -0.39 is 0 Å². The van der Waals surface area contributed by atoms with E-state index in [0.29, 0.717) is 63.4 Å². The quantitative estimate of drug-likeness (QED) is 0.0138. The molecule has 5 aromatic carbocycles. The maximum Gasteiger partial charge on any atom is 0.329 e. The molecule has 12 N–H and O–H groups in total. The number of hydrogen-bond acceptors (Lipinski definition) is 15. The summed E-state index contributed by atoms with van der Waals surface area (Å²) in [7, 11) is 0. The maximum absolute atomic E-state index is 13.3. The summed E-state index contributed by atoms with van der Waals surface area (Å²) in [6.07, 6.45) is 58.3. The molecule has 0 atom stereocenters. The van der Waals surface area contributed by atoms with Gasteiger partial charge in [0.2, 0.25) is 11.8 Å². The molecule has 2 amide bonds. The SMILES string of the molecule is CC(C)CC(=O)NC1CN(C(=O)CCCCCN)C1.CC(C)Cn1cc(CCCCCCN)nn1.CC(C)Nc1ccc(CCn2c(=O)n(CCC3CCCCC3)c3ccccc32)cc1.NCCCCCCn1c(=O)n(CCC2CCCCC2)c2ccccc21.NCCCCCCn1cc(CCC2CCCCC2)nn1.Nc1ccc(CCn2c(=O)n(CCC3CCCCC3)c3ccccc32)cc1. The summed E-state index contributed by atoms with van der Waals surface area (Å²) in [5.41, 5.74) is 41.2. The number of carbonyl (C=O) groups is 2. The summed E-state index contributed by atoms with van der Waals surface area (Å²) in [5, 5.41) is 23.2. The molecule has 4 saturated carbocycles. The van der Waals surface area contributed by atoms with E-state index in [9.17, 15) is 24.0 Å². The van der Waals surface area contributed by atoms with Crippen LogP contribution in [0.15, 0.2) is 148 Å². The summed E-state index contributed by atoms with van der Waals surface area (Å²) in [4.78, 5) is 64.6. The van der Waals surface area contributed by atoms with Gasteiger partial charge in [-0.2, -0.15) is 0 Å². The number of nitrogen functional groups attached to an aromatic ring is 1. The van der Waals surface area contributed by atoms with Crippen LogP contribution in [0.3, 0.4) is 0 Å². The number of nitrogens with two attached hydrogens (primary N) is 5. The average Bonchev–Trinajstić information content (AvgIpc) is 1.64. The average molecular weight is 1880 g/mol. The lowest BCUT2D eigenvalue weighted by atomic mass is 9.86. The van der Waals surface area contributed by atoms with E-state index in [-0.39, 0.29) is 34.9 Å². The molecule has 0 spiro atoms. The Labute approximate surface area is 820 Å². The number of nitrogens with zero attached hydrogens (tertiary/aromatic N) is 13. The Kier molecular flexibility index (Phi) is 49.5. The summed E-state index contributed by atoms with van der Waals surface area (Å²) in [5.74, 6) is 4.60. The van der Waals surface area contributed by atoms with Crippen molar-refractivity contribution < 1.29 is 9.59 Å². The number of anilines is 2. The molecule has 0 radical (unpaired) electrons. The molecule has 25 heteroatoms. The van der Waals surface area contributed by atoms with Gasteiger partial charge in [-0.15, -0.1) is 10.2 Å². The number of aromatic nitrogens is 12. The molecule has 1 saturated heterocycles. The fraction of sp³-hybridized carbons (Fsp3) is 0.652. The first kappa shape index (κ1) is 110. The molecule has 137 heavy (non-hydrogen) atoms. The Bertz CT molecular complexity index is 5170. The Balaban J connectivity index is 0.000000172. The maximum atomic E-state index is 13.3. The molecule has 25 nitrogen and oxygen atoms in total. The fourth-order valence-electron chi connectivity index (χ4n) is 20.6. The van der Waals surface area contributed by atoms with Crippen molar-refractivity contribution in [3.05, 3.63) is 188 Å². The van der Waals surface area contributed by atoms with Gasteiger partial charge in [0.25, 0.3) is 0 Å². The third-order valence-corrected chi connectivity index (χ3v) is 28.5. The summed E-state index contributed by atoms with van der Waals surface area (Å²) < 4.78 is 15.9. The van der Waals surface area contributed by atoms with E-state index >= 15 is 0 Å². The van der Waals surface area contributed by atoms with Gasteiger partial charge in [-0.25, -0.2) is 14.4 Å². The minimum atomic E-state index is 0.0926. The number of imidazole rings is 3. The van der Waals surface area contributed by atoms with Crippen molar-refractivity contribution in [2.75, 3.05) is 50.3 Å². The molecule has 15 rings (SSSR count). The van der Waals surface area contributed by atoms with Crippen LogP contribution in [-0.2, 0) is 87.6 Å². The van der Waals surface area contributed by atoms with Gasteiger partial charge >= 0.3 is 17.1 Å². The molecule has 6 heterocycles. The minimum absolute atomic E-state index is 0.0926. The number of carbonyl (C=O) groups excluding carboxylic acids is 2. The van der Waals surface area contributed by atoms with Crippen molar-refractivity contribution in [1.29, 1.82) is 0 Å². The first-order valence-electron chi connectivity index (χ1n) is 54.2. The molecule has 5 aliphatic rings. The number of hydrogen-bond donors (Lipinski definition) is 7. The highest BCUT2D eigenvalue weighted by atomic mass is 16.2. The van der Waals surface area contributed by atoms with E-state index in [2.05, 4.69) is 132 Å². The highest BCUT2D eigenvalue weighted by Gasteiger charge is 2.32. The van der Waals surface area contributed by atoms with E-state index in [1.54, 1.807) is 0 Å². The monoisotopic (exact) mass is 1880 g/mol. The van der Waals surface area contributed by atoms with Gasteiger partial charge in [0.15, 0.2) is 0 Å². The molecule has 5 aromatic heterocycles. The second kappa shape index (κ2) is 61.9. The molecule has 756 valence electrons. The van der Waals surface area contributed by atoms with Crippen molar-refractivity contribution in [3.63, 3.8) is 0 Å². The number of aryl methyl sites for hydroxylation is 11. The van der Waals surface area contributed by atoms with Gasteiger partial charge in [0, 0.05) is 108 Å². The van der Waals surface area contributed by atoms with E-state index in [1.165, 1.54) is 190 Å². The van der Waals surface area contributed by atoms with Crippen molar-refractivity contribution in [3.8, 4) is 0 Å². The van der Waals surface area contributed by atoms with Crippen LogP contribution in [0.1, 0.15) is 327 Å². The molecule has 0 bridgehead atoms. The first-order valence-corrected chi connectivity index (χ1v) is 54.2. The fourth-order valence-corrected chi connectivity index (χ4v) is 20.6. The van der Waals surface area contributed by atoms with Gasteiger partial charge in [-0.1, -0.05) is 272 Å². The van der Waals surface area contributed by atoms with Crippen molar-refractivity contribution in [1.82, 2.24) is 67.6 Å². The number of para-hydroxylation sites is 6. The largest absolute Gasteiger partial charge is 0.399 e. The Hall–Kier alpha value is -9.43. The topological polar surface area (TPSA) is 334 Å². The zero-order valence-electron chi connectivity index (χ0n) is 85.3. The number of likely N-dealkylation sites (tertiary alicyclic amines) is 1. The van der Waals surface area contributed by atoms with Gasteiger partial charge in [-0.3, -0.25) is 46.4 Å². The molecule has 1 aliphatic heterocycles. The number of benzene rings is 5. The van der Waals surface area contributed by atoms with Crippen molar-refractivity contribution in [2.24, 2.45) is 58.4 Å². The highest BCUT2D eigenvalue weighted by Crippen LogP contribution is 2.32. The number of nitrogens with one attached hydrogen (secondary N) is 2. The molecular formula is C112H178N20O5. The van der Waals surface area contributed by atoms with Crippen LogP contribution < -0.4 is 56.4 Å². The lowest BCUT2D eigenvalue weighted by Gasteiger charge is -2.39.